The second kappa shape index (κ2) is 8.58. The number of nitrogens with one attached hydrogen (secondary N) is 1. The Morgan fingerprint density at radius 3 is 2.73 bits per heavy atom. The van der Waals surface area contributed by atoms with Gasteiger partial charge in [-0.05, 0) is 29.8 Å². The Morgan fingerprint density at radius 2 is 2.04 bits per heavy atom. The van der Waals surface area contributed by atoms with Crippen LogP contribution in [0.1, 0.15) is 17.4 Å². The minimum atomic E-state index is -0.339. The van der Waals surface area contributed by atoms with Gasteiger partial charge in [-0.25, -0.2) is 4.98 Å². The van der Waals surface area contributed by atoms with Gasteiger partial charge < -0.3 is 14.6 Å². The molecule has 5 nitrogen and oxygen atoms in total. The molecule has 0 fully saturated rings. The molecule has 0 aliphatic carbocycles. The molecule has 0 aliphatic heterocycles. The van der Waals surface area contributed by atoms with Crippen molar-refractivity contribution >= 4 is 17.7 Å². The standard InChI is InChI=1S/C20H21N3O2S/c1-23-12-11-21-20(23)19(15-7-6-8-16(13-15)25-2)22-18(24)14-26-17-9-4-3-5-10-17/h3-13,19H,14H2,1-2H3,(H,22,24). The molecule has 1 atom stereocenters. The Kier molecular flexibility index (Phi) is 5.96. The topological polar surface area (TPSA) is 56.1 Å². The molecule has 6 heteroatoms. The van der Waals surface area contributed by atoms with Crippen LogP contribution in [0.15, 0.2) is 71.9 Å². The second-order valence-corrected chi connectivity index (χ2v) is 6.82. The van der Waals surface area contributed by atoms with Gasteiger partial charge in [-0.15, -0.1) is 11.8 Å². The Labute approximate surface area is 157 Å². The molecule has 1 aromatic heterocycles. The van der Waals surface area contributed by atoms with Crippen LogP contribution in [-0.4, -0.2) is 28.3 Å². The van der Waals surface area contributed by atoms with Crippen molar-refractivity contribution in [3.05, 3.63) is 78.4 Å². The zero-order chi connectivity index (χ0) is 18.4. The van der Waals surface area contributed by atoms with Crippen molar-refractivity contribution in [1.29, 1.82) is 0 Å². The summed E-state index contributed by atoms with van der Waals surface area (Å²) < 4.78 is 7.23. The van der Waals surface area contributed by atoms with Crippen LogP contribution in [0.2, 0.25) is 0 Å². The van der Waals surface area contributed by atoms with Gasteiger partial charge in [-0.1, -0.05) is 30.3 Å². The van der Waals surface area contributed by atoms with Gasteiger partial charge in [0.2, 0.25) is 5.91 Å². The van der Waals surface area contributed by atoms with Crippen molar-refractivity contribution in [3.8, 4) is 5.75 Å². The lowest BCUT2D eigenvalue weighted by Gasteiger charge is -2.19. The normalized spacial score (nSPS) is 11.8. The van der Waals surface area contributed by atoms with Crippen molar-refractivity contribution in [1.82, 2.24) is 14.9 Å². The molecular formula is C20H21N3O2S. The monoisotopic (exact) mass is 367 g/mol. The largest absolute Gasteiger partial charge is 0.497 e. The summed E-state index contributed by atoms with van der Waals surface area (Å²) in [4.78, 5) is 18.0. The van der Waals surface area contributed by atoms with Crippen molar-refractivity contribution in [2.24, 2.45) is 7.05 Å². The number of thioether (sulfide) groups is 1. The van der Waals surface area contributed by atoms with Gasteiger partial charge in [-0.2, -0.15) is 0 Å². The number of methoxy groups -OCH3 is 1. The van der Waals surface area contributed by atoms with Crippen LogP contribution in [0.25, 0.3) is 0 Å². The highest BCUT2D eigenvalue weighted by Crippen LogP contribution is 2.25. The fourth-order valence-electron chi connectivity index (χ4n) is 2.64. The minimum Gasteiger partial charge on any atom is -0.497 e. The molecule has 1 heterocycles. The van der Waals surface area contributed by atoms with E-state index in [9.17, 15) is 4.79 Å². The highest BCUT2D eigenvalue weighted by Gasteiger charge is 2.21. The molecule has 2 aromatic carbocycles. The smallest absolute Gasteiger partial charge is 0.231 e. The zero-order valence-corrected chi connectivity index (χ0v) is 15.6. The summed E-state index contributed by atoms with van der Waals surface area (Å²) in [5.74, 6) is 1.81. The molecule has 1 N–H and O–H groups in total. The summed E-state index contributed by atoms with van der Waals surface area (Å²) in [6, 6.07) is 17.2. The van der Waals surface area contributed by atoms with Gasteiger partial charge in [0, 0.05) is 24.3 Å². The third-order valence-corrected chi connectivity index (χ3v) is 4.97. The molecule has 134 valence electrons. The Balaban J connectivity index is 1.77. The summed E-state index contributed by atoms with van der Waals surface area (Å²) in [5, 5.41) is 3.10. The Bertz CT molecular complexity index is 864. The van der Waals surface area contributed by atoms with E-state index in [-0.39, 0.29) is 11.9 Å². The quantitative estimate of drug-likeness (QED) is 0.650. The van der Waals surface area contributed by atoms with E-state index in [1.54, 1.807) is 13.3 Å². The molecule has 3 rings (SSSR count). The molecule has 0 radical (unpaired) electrons. The number of aromatic nitrogens is 2. The van der Waals surface area contributed by atoms with E-state index in [0.717, 1.165) is 22.0 Å². The van der Waals surface area contributed by atoms with Crippen molar-refractivity contribution in [3.63, 3.8) is 0 Å². The second-order valence-electron chi connectivity index (χ2n) is 5.78. The molecule has 0 spiro atoms. The molecule has 26 heavy (non-hydrogen) atoms. The summed E-state index contributed by atoms with van der Waals surface area (Å²) >= 11 is 1.51. The summed E-state index contributed by atoms with van der Waals surface area (Å²) in [6.07, 6.45) is 3.60. The predicted octanol–water partition coefficient (Wildman–Crippen LogP) is 3.43. The van der Waals surface area contributed by atoms with Crippen LogP contribution in [0, 0.1) is 0 Å². The van der Waals surface area contributed by atoms with Crippen molar-refractivity contribution in [2.75, 3.05) is 12.9 Å². The first-order valence-electron chi connectivity index (χ1n) is 8.26. The number of nitrogens with zero attached hydrogens (tertiary/aromatic N) is 2. The predicted molar refractivity (Wildman–Crippen MR) is 103 cm³/mol. The summed E-state index contributed by atoms with van der Waals surface area (Å²) in [5.41, 5.74) is 0.928. The van der Waals surface area contributed by atoms with Crippen LogP contribution < -0.4 is 10.1 Å². The van der Waals surface area contributed by atoms with E-state index in [4.69, 9.17) is 4.74 Å². The van der Waals surface area contributed by atoms with Crippen molar-refractivity contribution < 1.29 is 9.53 Å². The average molecular weight is 367 g/mol. The lowest BCUT2D eigenvalue weighted by Crippen LogP contribution is -2.32. The molecule has 0 bridgehead atoms. The number of carbonyl (C=O) groups excluding carboxylic acids is 1. The van der Waals surface area contributed by atoms with Crippen molar-refractivity contribution in [2.45, 2.75) is 10.9 Å². The molecule has 1 unspecified atom stereocenters. The average Bonchev–Trinajstić information content (AvgIpc) is 3.11. The number of ether oxygens (including phenoxy) is 1. The van der Waals surface area contributed by atoms with Gasteiger partial charge in [0.15, 0.2) is 0 Å². The Morgan fingerprint density at radius 1 is 1.23 bits per heavy atom. The first-order valence-corrected chi connectivity index (χ1v) is 9.24. The zero-order valence-electron chi connectivity index (χ0n) is 14.8. The number of amides is 1. The third kappa shape index (κ3) is 4.46. The fourth-order valence-corrected chi connectivity index (χ4v) is 3.37. The van der Waals surface area contributed by atoms with E-state index in [2.05, 4.69) is 10.3 Å². The summed E-state index contributed by atoms with van der Waals surface area (Å²) in [6.45, 7) is 0. The van der Waals surface area contributed by atoms with Gasteiger partial charge >= 0.3 is 0 Å². The molecule has 0 saturated carbocycles. The number of hydrogen-bond donors (Lipinski definition) is 1. The van der Waals surface area contributed by atoms with E-state index in [1.807, 2.05) is 72.4 Å². The number of carbonyl (C=O) groups is 1. The minimum absolute atomic E-state index is 0.0466. The highest BCUT2D eigenvalue weighted by atomic mass is 32.2. The maximum absolute atomic E-state index is 12.6. The number of imidazole rings is 1. The summed E-state index contributed by atoms with van der Waals surface area (Å²) in [7, 11) is 3.55. The molecule has 0 saturated heterocycles. The molecule has 3 aromatic rings. The molecular weight excluding hydrogens is 346 g/mol. The van der Waals surface area contributed by atoms with Crippen LogP contribution >= 0.6 is 11.8 Å². The maximum atomic E-state index is 12.6. The third-order valence-electron chi connectivity index (χ3n) is 3.96. The molecule has 0 aliphatic rings. The maximum Gasteiger partial charge on any atom is 0.231 e. The SMILES string of the molecule is COc1cccc(C(NC(=O)CSc2ccccc2)c2nccn2C)c1. The van der Waals surface area contributed by atoms with E-state index < -0.39 is 0 Å². The van der Waals surface area contributed by atoms with Crippen LogP contribution in [0.5, 0.6) is 5.75 Å². The van der Waals surface area contributed by atoms with Crippen LogP contribution in [0.3, 0.4) is 0 Å². The van der Waals surface area contributed by atoms with Gasteiger partial charge in [0.25, 0.3) is 0 Å². The fraction of sp³-hybridized carbons (Fsp3) is 0.200. The number of rotatable bonds is 7. The lowest BCUT2D eigenvalue weighted by molar-refractivity contribution is -0.119. The number of hydrogen-bond acceptors (Lipinski definition) is 4. The van der Waals surface area contributed by atoms with E-state index >= 15 is 0 Å². The first kappa shape index (κ1) is 18.1. The van der Waals surface area contributed by atoms with E-state index in [1.165, 1.54) is 11.8 Å². The Hall–Kier alpha value is -2.73. The highest BCUT2D eigenvalue weighted by molar-refractivity contribution is 8.00. The molecule has 1 amide bonds. The first-order chi connectivity index (χ1) is 12.7. The van der Waals surface area contributed by atoms with Gasteiger partial charge in [0.05, 0.1) is 12.9 Å². The number of aryl methyl sites for hydroxylation is 1. The lowest BCUT2D eigenvalue weighted by atomic mass is 10.1. The van der Waals surface area contributed by atoms with Gasteiger partial charge in [0.1, 0.15) is 17.6 Å². The number of benzene rings is 2. The van der Waals surface area contributed by atoms with E-state index in [0.29, 0.717) is 5.75 Å². The van der Waals surface area contributed by atoms with Crippen LogP contribution in [0.4, 0.5) is 0 Å². The van der Waals surface area contributed by atoms with Crippen LogP contribution in [-0.2, 0) is 11.8 Å². The van der Waals surface area contributed by atoms with Gasteiger partial charge in [-0.3, -0.25) is 4.79 Å².